The Morgan fingerprint density at radius 2 is 1.77 bits per heavy atom. The molecule has 70 valence electrons. The molecule has 1 nitrogen and oxygen atoms in total. The Morgan fingerprint density at radius 1 is 1.23 bits per heavy atom. The van der Waals surface area contributed by atoms with E-state index in [-0.39, 0.29) is 5.41 Å². The highest BCUT2D eigenvalue weighted by Gasteiger charge is 2.16. The van der Waals surface area contributed by atoms with E-state index in [1.807, 2.05) is 45.0 Å². The normalized spacial score (nSPS) is 14.1. The van der Waals surface area contributed by atoms with Crippen LogP contribution in [0.25, 0.3) is 12.3 Å². The van der Waals surface area contributed by atoms with Crippen molar-refractivity contribution in [1.82, 2.24) is 0 Å². The van der Waals surface area contributed by atoms with Crippen molar-refractivity contribution in [2.75, 3.05) is 0 Å². The predicted octanol–water partition coefficient (Wildman–Crippen LogP) is 1.81. The van der Waals surface area contributed by atoms with Crippen molar-refractivity contribution in [3.8, 4) is 0 Å². The standard InChI is InChI=1S/C12H16O/c1-9-7-5-6-8-10(9)11(13)12(2,3)4/h5-8,13H,1H2,2-4H3/b11-10-. The van der Waals surface area contributed by atoms with Crippen LogP contribution >= 0.6 is 0 Å². The fourth-order valence-electron chi connectivity index (χ4n) is 1.16. The zero-order valence-electron chi connectivity index (χ0n) is 8.46. The number of aliphatic hydroxyl groups is 1. The third-order valence-electron chi connectivity index (χ3n) is 1.98. The third-order valence-corrected chi connectivity index (χ3v) is 1.98. The molecule has 0 saturated heterocycles. The van der Waals surface area contributed by atoms with Crippen LogP contribution in [0.15, 0.2) is 24.3 Å². The molecular weight excluding hydrogens is 160 g/mol. The maximum Gasteiger partial charge on any atom is 0.105 e. The smallest absolute Gasteiger partial charge is 0.105 e. The molecule has 0 aliphatic rings. The molecule has 0 heterocycles. The van der Waals surface area contributed by atoms with E-state index in [1.165, 1.54) is 0 Å². The van der Waals surface area contributed by atoms with E-state index in [2.05, 4.69) is 6.58 Å². The van der Waals surface area contributed by atoms with Gasteiger partial charge in [0.05, 0.1) is 0 Å². The lowest BCUT2D eigenvalue weighted by Crippen LogP contribution is -2.29. The van der Waals surface area contributed by atoms with Gasteiger partial charge in [-0.2, -0.15) is 0 Å². The molecule has 0 spiro atoms. The summed E-state index contributed by atoms with van der Waals surface area (Å²) in [6.07, 6.45) is 0. The highest BCUT2D eigenvalue weighted by molar-refractivity contribution is 5.41. The summed E-state index contributed by atoms with van der Waals surface area (Å²) in [6.45, 7) is 9.82. The number of hydrogen-bond donors (Lipinski definition) is 1. The molecule has 0 saturated carbocycles. The number of benzene rings is 1. The number of rotatable bonds is 0. The van der Waals surface area contributed by atoms with Crippen LogP contribution in [0.5, 0.6) is 0 Å². The van der Waals surface area contributed by atoms with Crippen molar-refractivity contribution in [3.05, 3.63) is 34.7 Å². The van der Waals surface area contributed by atoms with Crippen LogP contribution in [0, 0.1) is 5.41 Å². The van der Waals surface area contributed by atoms with Crippen molar-refractivity contribution in [2.45, 2.75) is 20.8 Å². The lowest BCUT2D eigenvalue weighted by molar-refractivity contribution is 0.369. The quantitative estimate of drug-likeness (QED) is 0.639. The Bertz CT molecular complexity index is 396. The van der Waals surface area contributed by atoms with Gasteiger partial charge in [0, 0.05) is 10.6 Å². The molecule has 1 rings (SSSR count). The summed E-state index contributed by atoms with van der Waals surface area (Å²) in [5, 5.41) is 11.6. The summed E-state index contributed by atoms with van der Waals surface area (Å²) in [6, 6.07) is 7.62. The van der Waals surface area contributed by atoms with Gasteiger partial charge in [0.2, 0.25) is 0 Å². The van der Waals surface area contributed by atoms with Crippen molar-refractivity contribution in [1.29, 1.82) is 0 Å². The Hall–Kier alpha value is -1.24. The molecule has 1 aromatic carbocycles. The maximum absolute atomic E-state index is 9.91. The lowest BCUT2D eigenvalue weighted by atomic mass is 9.92. The molecular formula is C12H16O. The fraction of sp³-hybridized carbons (Fsp3) is 0.333. The Kier molecular flexibility index (Phi) is 2.46. The predicted molar refractivity (Wildman–Crippen MR) is 56.7 cm³/mol. The minimum atomic E-state index is -0.214. The van der Waals surface area contributed by atoms with E-state index in [4.69, 9.17) is 0 Å². The van der Waals surface area contributed by atoms with Crippen LogP contribution in [-0.2, 0) is 0 Å². The first-order valence-electron chi connectivity index (χ1n) is 4.40. The van der Waals surface area contributed by atoms with Crippen LogP contribution in [0.2, 0.25) is 0 Å². The van der Waals surface area contributed by atoms with E-state index in [9.17, 15) is 5.11 Å². The second-order valence-corrected chi connectivity index (χ2v) is 4.26. The lowest BCUT2D eigenvalue weighted by Gasteiger charge is -2.17. The van der Waals surface area contributed by atoms with Gasteiger partial charge in [-0.15, -0.1) is 0 Å². The van der Waals surface area contributed by atoms with Gasteiger partial charge in [-0.1, -0.05) is 51.6 Å². The van der Waals surface area contributed by atoms with Crippen LogP contribution in [-0.4, -0.2) is 5.11 Å². The molecule has 1 aromatic rings. The highest BCUT2D eigenvalue weighted by atomic mass is 16.3. The summed E-state index contributed by atoms with van der Waals surface area (Å²) in [5.41, 5.74) is -0.214. The first-order chi connectivity index (χ1) is 5.93. The highest BCUT2D eigenvalue weighted by Crippen LogP contribution is 2.21. The van der Waals surface area contributed by atoms with Crippen LogP contribution < -0.4 is 10.4 Å². The van der Waals surface area contributed by atoms with Crippen molar-refractivity contribution in [3.63, 3.8) is 0 Å². The summed E-state index contributed by atoms with van der Waals surface area (Å²) < 4.78 is 0. The summed E-state index contributed by atoms with van der Waals surface area (Å²) in [4.78, 5) is 0. The SMILES string of the molecule is C=c1cccc/c1=C(/O)C(C)(C)C. The zero-order valence-corrected chi connectivity index (χ0v) is 8.46. The van der Waals surface area contributed by atoms with E-state index in [0.29, 0.717) is 5.76 Å². The first kappa shape index (κ1) is 9.85. The van der Waals surface area contributed by atoms with E-state index in [1.54, 1.807) is 0 Å². The number of aliphatic hydroxyl groups excluding tert-OH is 1. The Balaban J connectivity index is 3.52. The van der Waals surface area contributed by atoms with Crippen LogP contribution in [0.4, 0.5) is 0 Å². The van der Waals surface area contributed by atoms with Crippen molar-refractivity contribution >= 4 is 12.3 Å². The van der Waals surface area contributed by atoms with E-state index in [0.717, 1.165) is 10.4 Å². The molecule has 1 N–H and O–H groups in total. The van der Waals surface area contributed by atoms with Crippen LogP contribution in [0.1, 0.15) is 20.8 Å². The molecule has 13 heavy (non-hydrogen) atoms. The van der Waals surface area contributed by atoms with Gasteiger partial charge in [0.1, 0.15) is 5.76 Å². The van der Waals surface area contributed by atoms with Gasteiger partial charge in [-0.3, -0.25) is 0 Å². The molecule has 0 unspecified atom stereocenters. The van der Waals surface area contributed by atoms with Gasteiger partial charge in [0.25, 0.3) is 0 Å². The monoisotopic (exact) mass is 176 g/mol. The average molecular weight is 176 g/mol. The molecule has 0 fully saturated rings. The Labute approximate surface area is 79.0 Å². The Morgan fingerprint density at radius 3 is 2.23 bits per heavy atom. The molecule has 1 heteroatoms. The van der Waals surface area contributed by atoms with Crippen LogP contribution in [0.3, 0.4) is 0 Å². The average Bonchev–Trinajstić information content (AvgIpc) is 2.02. The molecule has 0 amide bonds. The minimum Gasteiger partial charge on any atom is -0.511 e. The van der Waals surface area contributed by atoms with Gasteiger partial charge in [-0.05, 0) is 5.22 Å². The maximum atomic E-state index is 9.91. The molecule has 0 radical (unpaired) electrons. The summed E-state index contributed by atoms with van der Waals surface area (Å²) in [7, 11) is 0. The fourth-order valence-corrected chi connectivity index (χ4v) is 1.16. The van der Waals surface area contributed by atoms with Gasteiger partial charge < -0.3 is 5.11 Å². The van der Waals surface area contributed by atoms with Crippen molar-refractivity contribution < 1.29 is 5.11 Å². The summed E-state index contributed by atoms with van der Waals surface area (Å²) in [5.74, 6) is 0.401. The molecule has 0 aliphatic carbocycles. The first-order valence-corrected chi connectivity index (χ1v) is 4.40. The summed E-state index contributed by atoms with van der Waals surface area (Å²) >= 11 is 0. The zero-order chi connectivity index (χ0) is 10.1. The molecule has 0 aliphatic heterocycles. The number of hydrogen-bond acceptors (Lipinski definition) is 1. The molecule has 0 atom stereocenters. The van der Waals surface area contributed by atoms with Gasteiger partial charge >= 0.3 is 0 Å². The van der Waals surface area contributed by atoms with Crippen molar-refractivity contribution in [2.24, 2.45) is 5.41 Å². The van der Waals surface area contributed by atoms with Gasteiger partial charge in [0.15, 0.2) is 0 Å². The largest absolute Gasteiger partial charge is 0.511 e. The third kappa shape index (κ3) is 2.11. The second-order valence-electron chi connectivity index (χ2n) is 4.26. The van der Waals surface area contributed by atoms with Gasteiger partial charge in [-0.25, -0.2) is 0 Å². The van der Waals surface area contributed by atoms with E-state index >= 15 is 0 Å². The second kappa shape index (κ2) is 3.25. The van der Waals surface area contributed by atoms with E-state index < -0.39 is 0 Å². The molecule has 0 bridgehead atoms. The minimum absolute atomic E-state index is 0.214. The molecule has 0 aromatic heterocycles. The topological polar surface area (TPSA) is 20.2 Å².